The number of carbonyl (C=O) groups excluding carboxylic acids is 1. The van der Waals surface area contributed by atoms with Gasteiger partial charge < -0.3 is 20.9 Å². The predicted octanol–water partition coefficient (Wildman–Crippen LogP) is 4.18. The van der Waals surface area contributed by atoms with Gasteiger partial charge in [0.25, 0.3) is 15.7 Å². The quantitative estimate of drug-likeness (QED) is 0.332. The number of allylic oxidation sites excluding steroid dienone is 4. The van der Waals surface area contributed by atoms with Gasteiger partial charge in [0.2, 0.25) is 0 Å². The van der Waals surface area contributed by atoms with E-state index in [1.165, 1.54) is 12.3 Å². The fourth-order valence-corrected chi connectivity index (χ4v) is 5.73. The molecule has 0 unspecified atom stereocenters. The summed E-state index contributed by atoms with van der Waals surface area (Å²) >= 11 is 0. The van der Waals surface area contributed by atoms with Crippen molar-refractivity contribution in [3.63, 3.8) is 0 Å². The predicted molar refractivity (Wildman–Crippen MR) is 133 cm³/mol. The van der Waals surface area contributed by atoms with Gasteiger partial charge in [-0.05, 0) is 51.3 Å². The van der Waals surface area contributed by atoms with Crippen molar-refractivity contribution in [1.29, 1.82) is 0 Å². The van der Waals surface area contributed by atoms with Crippen LogP contribution < -0.4 is 11.1 Å². The van der Waals surface area contributed by atoms with Crippen LogP contribution in [0.5, 0.6) is 0 Å². The van der Waals surface area contributed by atoms with E-state index in [0.717, 1.165) is 6.08 Å². The molecule has 0 bridgehead atoms. The number of aromatic nitrogens is 2. The Labute approximate surface area is 221 Å². The Kier molecular flexibility index (Phi) is 9.20. The van der Waals surface area contributed by atoms with Gasteiger partial charge in [-0.2, -0.15) is 31.4 Å². The molecular formula is C23H30F6N6O3S. The molecule has 0 radical (unpaired) electrons. The first-order valence-corrected chi connectivity index (χ1v) is 13.6. The van der Waals surface area contributed by atoms with Crippen LogP contribution in [0, 0.1) is 5.92 Å². The van der Waals surface area contributed by atoms with Crippen molar-refractivity contribution in [2.75, 3.05) is 26.0 Å². The van der Waals surface area contributed by atoms with Crippen molar-refractivity contribution in [1.82, 2.24) is 14.7 Å². The van der Waals surface area contributed by atoms with E-state index in [2.05, 4.69) is 15.4 Å². The Morgan fingerprint density at radius 2 is 1.92 bits per heavy atom. The van der Waals surface area contributed by atoms with Crippen molar-refractivity contribution in [3.8, 4) is 0 Å². The third-order valence-corrected chi connectivity index (χ3v) is 8.56. The number of halogens is 6. The first kappa shape index (κ1) is 30.7. The second kappa shape index (κ2) is 11.7. The van der Waals surface area contributed by atoms with Gasteiger partial charge in [0.15, 0.2) is 5.82 Å². The fraction of sp³-hybridized carbons (Fsp3) is 0.609. The first-order chi connectivity index (χ1) is 18.0. The zero-order valence-electron chi connectivity index (χ0n) is 21.3. The van der Waals surface area contributed by atoms with E-state index in [0.29, 0.717) is 25.0 Å². The number of nitrogens with two attached hydrogens (primary N) is 1. The maximum Gasteiger partial charge on any atom is 0.501 e. The number of hydrogen-bond donors (Lipinski definition) is 2. The van der Waals surface area contributed by atoms with Crippen molar-refractivity contribution >= 4 is 27.8 Å². The summed E-state index contributed by atoms with van der Waals surface area (Å²) in [5.74, 6) is -0.958. The lowest BCUT2D eigenvalue weighted by molar-refractivity contribution is -0.138. The third kappa shape index (κ3) is 7.41. The van der Waals surface area contributed by atoms with Crippen LogP contribution in [0.1, 0.15) is 54.9 Å². The molecule has 3 N–H and O–H groups in total. The van der Waals surface area contributed by atoms with Crippen LogP contribution in [0.25, 0.3) is 0 Å². The summed E-state index contributed by atoms with van der Waals surface area (Å²) in [6.07, 6.45) is 1.16. The van der Waals surface area contributed by atoms with Gasteiger partial charge >= 0.3 is 11.7 Å². The van der Waals surface area contributed by atoms with Gasteiger partial charge in [-0.3, -0.25) is 9.48 Å². The van der Waals surface area contributed by atoms with E-state index in [4.69, 9.17) is 5.73 Å². The van der Waals surface area contributed by atoms with E-state index in [1.807, 2.05) is 0 Å². The molecule has 1 saturated carbocycles. The normalized spacial score (nSPS) is 23.2. The molecule has 1 heterocycles. The lowest BCUT2D eigenvalue weighted by Gasteiger charge is -2.38. The zero-order valence-corrected chi connectivity index (χ0v) is 22.1. The Morgan fingerprint density at radius 3 is 2.46 bits per heavy atom. The summed E-state index contributed by atoms with van der Waals surface area (Å²) in [6.45, 7) is -0.133. The minimum absolute atomic E-state index is 0.0187. The molecule has 1 aromatic rings. The van der Waals surface area contributed by atoms with Crippen molar-refractivity contribution in [3.05, 3.63) is 34.5 Å². The largest absolute Gasteiger partial charge is 0.501 e. The number of aliphatic imine (C=N–C) groups is 1. The number of nitrogens with one attached hydrogen (secondary N) is 1. The Hall–Kier alpha value is -2.88. The summed E-state index contributed by atoms with van der Waals surface area (Å²) in [5.41, 5.74) is 0.475. The highest BCUT2D eigenvalue weighted by molar-refractivity contribution is 7.96. The molecule has 39 heavy (non-hydrogen) atoms. The molecule has 3 rings (SSSR count). The molecule has 2 aliphatic carbocycles. The molecule has 0 spiro atoms. The Bertz CT molecular complexity index is 1250. The lowest BCUT2D eigenvalue weighted by Crippen LogP contribution is -2.41. The van der Waals surface area contributed by atoms with Crippen LogP contribution in [0.2, 0.25) is 0 Å². The molecular weight excluding hydrogens is 554 g/mol. The highest BCUT2D eigenvalue weighted by atomic mass is 32.2. The van der Waals surface area contributed by atoms with Gasteiger partial charge in [-0.25, -0.2) is 8.42 Å². The summed E-state index contributed by atoms with van der Waals surface area (Å²) in [6, 6.07) is -0.393. The van der Waals surface area contributed by atoms with E-state index < -0.39 is 45.2 Å². The maximum absolute atomic E-state index is 12.8. The maximum atomic E-state index is 12.8. The van der Waals surface area contributed by atoms with Crippen LogP contribution in [0.15, 0.2) is 33.9 Å². The molecule has 16 heteroatoms. The topological polar surface area (TPSA) is 123 Å². The molecule has 0 aliphatic heterocycles. The van der Waals surface area contributed by atoms with Gasteiger partial charge in [-0.15, -0.1) is 0 Å². The molecule has 9 nitrogen and oxygen atoms in total. The standard InChI is InChI=1S/C23H30F6N6O3S/c1-31-12-14-11-16(34(2)10-9-22(24,25)26)5-8-19(14)35-13-18(20(30)36)21(33-35)32-15-3-6-17(7-4-15)39(37,38)23(27,28)29/h3,6,12-14,16,19H,4-5,7-11H2,1-2H3,(H2,30,36)(H,32,33)/t14-,16-,19+/m1/s1. The molecule has 1 fully saturated rings. The van der Waals surface area contributed by atoms with E-state index in [1.54, 1.807) is 29.9 Å². The number of nitrogens with zero attached hydrogens (tertiary/aromatic N) is 4. The monoisotopic (exact) mass is 584 g/mol. The third-order valence-electron chi connectivity index (χ3n) is 6.92. The summed E-state index contributed by atoms with van der Waals surface area (Å²) in [7, 11) is -2.21. The van der Waals surface area contributed by atoms with E-state index >= 15 is 0 Å². The van der Waals surface area contributed by atoms with Crippen LogP contribution >= 0.6 is 0 Å². The second-order valence-electron chi connectivity index (χ2n) is 9.59. The van der Waals surface area contributed by atoms with E-state index in [9.17, 15) is 39.6 Å². The fourth-order valence-electron chi connectivity index (χ4n) is 4.81. The highest BCUT2D eigenvalue weighted by Gasteiger charge is 2.48. The average Bonchev–Trinajstić information content (AvgIpc) is 3.25. The summed E-state index contributed by atoms with van der Waals surface area (Å²) in [5, 5.41) is 7.31. The number of primary amides is 1. The summed E-state index contributed by atoms with van der Waals surface area (Å²) in [4.78, 5) is 17.1. The van der Waals surface area contributed by atoms with Crippen molar-refractivity contribution in [2.24, 2.45) is 16.6 Å². The number of hydrogen-bond acceptors (Lipinski definition) is 7. The molecule has 3 atom stereocenters. The van der Waals surface area contributed by atoms with Crippen LogP contribution in [0.3, 0.4) is 0 Å². The number of rotatable bonds is 9. The molecule has 1 aromatic heterocycles. The Balaban J connectivity index is 1.80. The SMILES string of the molecule is CN=C[C@H]1C[C@H](N(C)CCC(F)(F)F)CC[C@@H]1n1cc(C(N)=O)c(NC2=CC=C(S(=O)(=O)C(F)(F)F)CC2)n1. The molecule has 0 aromatic carbocycles. The zero-order chi connectivity index (χ0) is 29.2. The highest BCUT2D eigenvalue weighted by Crippen LogP contribution is 2.37. The van der Waals surface area contributed by atoms with Gasteiger partial charge in [0, 0.05) is 43.7 Å². The van der Waals surface area contributed by atoms with Gasteiger partial charge in [-0.1, -0.05) is 0 Å². The lowest BCUT2D eigenvalue weighted by atomic mass is 9.81. The van der Waals surface area contributed by atoms with Crippen LogP contribution in [0.4, 0.5) is 32.2 Å². The van der Waals surface area contributed by atoms with Gasteiger partial charge in [0.1, 0.15) is 5.56 Å². The number of sulfone groups is 1. The van der Waals surface area contributed by atoms with Gasteiger partial charge in [0.05, 0.1) is 17.4 Å². The average molecular weight is 585 g/mol. The first-order valence-electron chi connectivity index (χ1n) is 12.1. The minimum atomic E-state index is -5.44. The minimum Gasteiger partial charge on any atom is -0.365 e. The Morgan fingerprint density at radius 1 is 1.23 bits per heavy atom. The number of carbonyl (C=O) groups is 1. The molecule has 218 valence electrons. The number of anilines is 1. The molecule has 0 saturated heterocycles. The van der Waals surface area contributed by atoms with Crippen molar-refractivity contribution in [2.45, 2.75) is 62.3 Å². The van der Waals surface area contributed by atoms with Crippen molar-refractivity contribution < 1.29 is 39.6 Å². The summed E-state index contributed by atoms with van der Waals surface area (Å²) < 4.78 is 101. The molecule has 2 aliphatic rings. The van der Waals surface area contributed by atoms with Crippen LogP contribution in [-0.4, -0.2) is 73.6 Å². The number of amides is 1. The van der Waals surface area contributed by atoms with Crippen LogP contribution in [-0.2, 0) is 9.84 Å². The second-order valence-corrected chi connectivity index (χ2v) is 11.6. The smallest absolute Gasteiger partial charge is 0.365 e. The molecule has 1 amide bonds. The number of alkyl halides is 6. The van der Waals surface area contributed by atoms with E-state index in [-0.39, 0.29) is 42.3 Å².